The average molecular weight is 720 g/mol. The van der Waals surface area contributed by atoms with Crippen LogP contribution in [0.5, 0.6) is 0 Å². The van der Waals surface area contributed by atoms with Gasteiger partial charge < -0.3 is 25.7 Å². The van der Waals surface area contributed by atoms with Gasteiger partial charge in [0.25, 0.3) is 0 Å². The van der Waals surface area contributed by atoms with Crippen molar-refractivity contribution in [1.82, 2.24) is 5.32 Å². The molecule has 0 aliphatic carbocycles. The van der Waals surface area contributed by atoms with Crippen LogP contribution in [0.1, 0.15) is 213 Å². The fraction of sp³-hybridized carbons (Fsp3) is 0.844. The van der Waals surface area contributed by atoms with Crippen LogP contribution in [0.2, 0.25) is 0 Å². The third-order valence-electron chi connectivity index (χ3n) is 10.1. The van der Waals surface area contributed by atoms with Gasteiger partial charge in [-0.1, -0.05) is 185 Å². The number of nitrogens with one attached hydrogen (secondary N) is 1. The fourth-order valence-corrected chi connectivity index (χ4v) is 6.55. The number of carbonyl (C=O) groups is 1. The Morgan fingerprint density at radius 1 is 0.471 bits per heavy atom. The quantitative estimate of drug-likeness (QED) is 0.0321. The van der Waals surface area contributed by atoms with Gasteiger partial charge in [-0.2, -0.15) is 0 Å². The molecule has 6 nitrogen and oxygen atoms in total. The van der Waals surface area contributed by atoms with Crippen LogP contribution in [0.15, 0.2) is 36.5 Å². The van der Waals surface area contributed by atoms with Crippen molar-refractivity contribution in [1.29, 1.82) is 0 Å². The van der Waals surface area contributed by atoms with E-state index in [1.807, 2.05) is 0 Å². The third kappa shape index (κ3) is 34.1. The van der Waals surface area contributed by atoms with E-state index in [4.69, 9.17) is 0 Å². The van der Waals surface area contributed by atoms with E-state index in [1.54, 1.807) is 0 Å². The van der Waals surface area contributed by atoms with Gasteiger partial charge >= 0.3 is 0 Å². The summed E-state index contributed by atoms with van der Waals surface area (Å²) in [4.78, 5) is 12.4. The highest BCUT2D eigenvalue weighted by Gasteiger charge is 2.28. The highest BCUT2D eigenvalue weighted by Crippen LogP contribution is 2.15. The summed E-state index contributed by atoms with van der Waals surface area (Å²) in [5, 5.41) is 43.4. The number of unbranched alkanes of at least 4 members (excludes halogenated alkanes) is 24. The maximum Gasteiger partial charge on any atom is 0.249 e. The molecule has 5 N–H and O–H groups in total. The number of hydrogen-bond acceptors (Lipinski definition) is 5. The van der Waals surface area contributed by atoms with Gasteiger partial charge in [0, 0.05) is 0 Å². The first-order valence-electron chi connectivity index (χ1n) is 21.9. The summed E-state index contributed by atoms with van der Waals surface area (Å²) in [6, 6.07) is -1.01. The second-order valence-corrected chi connectivity index (χ2v) is 15.0. The summed E-state index contributed by atoms with van der Waals surface area (Å²) in [5.74, 6) is -0.605. The molecule has 4 unspecified atom stereocenters. The van der Waals surface area contributed by atoms with Crippen molar-refractivity contribution in [3.63, 3.8) is 0 Å². The van der Waals surface area contributed by atoms with Crippen molar-refractivity contribution in [2.45, 2.75) is 237 Å². The smallest absolute Gasteiger partial charge is 0.249 e. The second kappa shape index (κ2) is 39.7. The van der Waals surface area contributed by atoms with Gasteiger partial charge in [0.05, 0.1) is 18.8 Å². The molecule has 0 aromatic heterocycles. The number of amides is 1. The molecule has 0 aliphatic rings. The molecule has 0 radical (unpaired) electrons. The fourth-order valence-electron chi connectivity index (χ4n) is 6.55. The van der Waals surface area contributed by atoms with E-state index in [0.717, 1.165) is 51.4 Å². The minimum absolute atomic E-state index is 0.358. The van der Waals surface area contributed by atoms with Crippen molar-refractivity contribution in [3.8, 4) is 0 Å². The molecule has 0 rings (SSSR count). The Hall–Kier alpha value is -1.47. The molecular weight excluding hydrogens is 634 g/mol. The SMILES string of the molecule is CCCCCCCCCCCCCCCC/C=C/CC/C=C/CC/C=C/CCCC(O)C(O)C(CO)NC(=O)C(O)CCCCCCCCCC. The largest absolute Gasteiger partial charge is 0.394 e. The summed E-state index contributed by atoms with van der Waals surface area (Å²) >= 11 is 0. The van der Waals surface area contributed by atoms with Gasteiger partial charge in [-0.15, -0.1) is 0 Å². The summed E-state index contributed by atoms with van der Waals surface area (Å²) in [6.07, 6.45) is 46.4. The zero-order chi connectivity index (χ0) is 37.5. The van der Waals surface area contributed by atoms with E-state index >= 15 is 0 Å². The van der Waals surface area contributed by atoms with Crippen molar-refractivity contribution in [2.75, 3.05) is 6.61 Å². The lowest BCUT2D eigenvalue weighted by Crippen LogP contribution is -2.53. The minimum atomic E-state index is -1.29. The summed E-state index contributed by atoms with van der Waals surface area (Å²) in [6.45, 7) is 3.99. The summed E-state index contributed by atoms with van der Waals surface area (Å²) < 4.78 is 0. The van der Waals surface area contributed by atoms with Crippen LogP contribution in [0.25, 0.3) is 0 Å². The van der Waals surface area contributed by atoms with Gasteiger partial charge in [-0.25, -0.2) is 0 Å². The molecule has 0 aliphatic heterocycles. The topological polar surface area (TPSA) is 110 Å². The zero-order valence-corrected chi connectivity index (χ0v) is 33.6. The lowest BCUT2D eigenvalue weighted by molar-refractivity contribution is -0.132. The van der Waals surface area contributed by atoms with E-state index in [0.29, 0.717) is 19.3 Å². The number of aliphatic hydroxyl groups excluding tert-OH is 4. The number of hydrogen-bond donors (Lipinski definition) is 5. The molecule has 0 heterocycles. The molecule has 4 atom stereocenters. The lowest BCUT2D eigenvalue weighted by atomic mass is 10.00. The van der Waals surface area contributed by atoms with E-state index < -0.39 is 36.9 Å². The molecule has 0 saturated carbocycles. The minimum Gasteiger partial charge on any atom is -0.394 e. The maximum atomic E-state index is 12.4. The lowest BCUT2D eigenvalue weighted by Gasteiger charge is -2.27. The Morgan fingerprint density at radius 2 is 0.824 bits per heavy atom. The average Bonchev–Trinajstić information content (AvgIpc) is 3.13. The van der Waals surface area contributed by atoms with Crippen LogP contribution >= 0.6 is 0 Å². The van der Waals surface area contributed by atoms with E-state index in [2.05, 4.69) is 55.6 Å². The Balaban J connectivity index is 3.74. The first-order valence-corrected chi connectivity index (χ1v) is 21.9. The first-order chi connectivity index (χ1) is 25.0. The molecule has 0 aromatic rings. The van der Waals surface area contributed by atoms with Crippen LogP contribution in [0.3, 0.4) is 0 Å². The van der Waals surface area contributed by atoms with Crippen molar-refractivity contribution < 1.29 is 25.2 Å². The van der Waals surface area contributed by atoms with E-state index in [9.17, 15) is 25.2 Å². The molecule has 0 fully saturated rings. The van der Waals surface area contributed by atoms with Crippen LogP contribution in [0.4, 0.5) is 0 Å². The molecule has 51 heavy (non-hydrogen) atoms. The van der Waals surface area contributed by atoms with Crippen molar-refractivity contribution in [2.24, 2.45) is 0 Å². The molecule has 1 amide bonds. The molecule has 0 saturated heterocycles. The Labute approximate surface area is 316 Å². The van der Waals surface area contributed by atoms with Gasteiger partial charge in [0.1, 0.15) is 12.2 Å². The summed E-state index contributed by atoms with van der Waals surface area (Å²) in [5.41, 5.74) is 0. The third-order valence-corrected chi connectivity index (χ3v) is 10.1. The molecule has 6 heteroatoms. The van der Waals surface area contributed by atoms with Crippen LogP contribution in [-0.4, -0.2) is 57.3 Å². The number of aliphatic hydroxyl groups is 4. The predicted octanol–water partition coefficient (Wildman–Crippen LogP) is 11.3. The van der Waals surface area contributed by atoms with Gasteiger partial charge in [0.15, 0.2) is 0 Å². The first kappa shape index (κ1) is 49.5. The number of allylic oxidation sites excluding steroid dienone is 6. The van der Waals surface area contributed by atoms with E-state index in [-0.39, 0.29) is 0 Å². The molecule has 0 aromatic carbocycles. The Morgan fingerprint density at radius 3 is 1.24 bits per heavy atom. The van der Waals surface area contributed by atoms with Crippen molar-refractivity contribution >= 4 is 5.91 Å². The second-order valence-electron chi connectivity index (χ2n) is 15.0. The maximum absolute atomic E-state index is 12.4. The predicted molar refractivity (Wildman–Crippen MR) is 219 cm³/mol. The number of carbonyl (C=O) groups excluding carboxylic acids is 1. The zero-order valence-electron chi connectivity index (χ0n) is 33.6. The Kier molecular flexibility index (Phi) is 38.6. The highest BCUT2D eigenvalue weighted by molar-refractivity contribution is 5.80. The van der Waals surface area contributed by atoms with Crippen LogP contribution in [-0.2, 0) is 4.79 Å². The van der Waals surface area contributed by atoms with Gasteiger partial charge in [0.2, 0.25) is 5.91 Å². The standard InChI is InChI=1S/C45H85NO5/c1-3-5-7-9-11-13-14-15-16-17-18-19-20-21-22-23-24-25-26-27-28-29-30-31-33-34-36-38-42(48)44(50)41(40-47)46-45(51)43(49)39-37-35-32-12-10-8-6-4-2/h23-24,27-28,31,33,41-44,47-50H,3-22,25-26,29-30,32,34-40H2,1-2H3,(H,46,51)/b24-23+,28-27+,33-31+. The van der Waals surface area contributed by atoms with Gasteiger partial charge in [-0.05, 0) is 64.2 Å². The van der Waals surface area contributed by atoms with Crippen LogP contribution < -0.4 is 5.32 Å². The highest BCUT2D eigenvalue weighted by atomic mass is 16.3. The Bertz CT molecular complexity index is 812. The van der Waals surface area contributed by atoms with Crippen LogP contribution in [0, 0.1) is 0 Å². The van der Waals surface area contributed by atoms with Crippen molar-refractivity contribution in [3.05, 3.63) is 36.5 Å². The number of rotatable bonds is 39. The molecule has 300 valence electrons. The molecule has 0 spiro atoms. The molecular formula is C45H85NO5. The van der Waals surface area contributed by atoms with Gasteiger partial charge in [-0.3, -0.25) is 4.79 Å². The van der Waals surface area contributed by atoms with E-state index in [1.165, 1.54) is 128 Å². The monoisotopic (exact) mass is 720 g/mol. The normalized spacial score (nSPS) is 14.5. The summed E-state index contributed by atoms with van der Waals surface area (Å²) in [7, 11) is 0. The molecule has 0 bridgehead atoms.